The van der Waals surface area contributed by atoms with Crippen LogP contribution in [0, 0.1) is 0 Å². The van der Waals surface area contributed by atoms with Crippen LogP contribution in [-0.4, -0.2) is 44.8 Å². The molecule has 3 aromatic rings. The Morgan fingerprint density at radius 2 is 2.28 bits per heavy atom. The first-order valence-corrected chi connectivity index (χ1v) is 9.59. The van der Waals surface area contributed by atoms with E-state index in [0.717, 1.165) is 17.3 Å². The Labute approximate surface area is 175 Å². The predicted octanol–water partition coefficient (Wildman–Crippen LogP) is 2.23. The topological polar surface area (TPSA) is 132 Å². The largest absolute Gasteiger partial charge is 0.495 e. The number of carbonyl (C=O) groups excluding carboxylic acids is 1. The monoisotopic (exact) mass is 432 g/mol. The van der Waals surface area contributed by atoms with Gasteiger partial charge in [-0.05, 0) is 24.3 Å². The van der Waals surface area contributed by atoms with Gasteiger partial charge in [-0.1, -0.05) is 29.4 Å². The molecule has 0 fully saturated rings. The number of benzene rings is 1. The molecular formula is C17H17ClN8O2S. The fourth-order valence-electron chi connectivity index (χ4n) is 2.16. The molecule has 10 nitrogen and oxygen atoms in total. The summed E-state index contributed by atoms with van der Waals surface area (Å²) in [7, 11) is 1.51. The Morgan fingerprint density at radius 1 is 1.41 bits per heavy atom. The highest BCUT2D eigenvalue weighted by Crippen LogP contribution is 2.28. The fourth-order valence-corrected chi connectivity index (χ4v) is 2.99. The zero-order chi connectivity index (χ0) is 20.6. The number of rotatable bonds is 8. The van der Waals surface area contributed by atoms with Gasteiger partial charge in [-0.2, -0.15) is 5.10 Å². The van der Waals surface area contributed by atoms with Crippen molar-refractivity contribution in [3.8, 4) is 5.75 Å². The zero-order valence-corrected chi connectivity index (χ0v) is 16.8. The number of methoxy groups -OCH3 is 1. The lowest BCUT2D eigenvalue weighted by Gasteiger charge is -2.10. The molecule has 0 saturated heterocycles. The van der Waals surface area contributed by atoms with Gasteiger partial charge in [0.15, 0.2) is 0 Å². The molecule has 0 radical (unpaired) electrons. The number of anilines is 2. The van der Waals surface area contributed by atoms with Crippen molar-refractivity contribution in [1.82, 2.24) is 19.9 Å². The second-order valence-corrected chi connectivity index (χ2v) is 6.89. The zero-order valence-electron chi connectivity index (χ0n) is 15.2. The Morgan fingerprint density at radius 3 is 3.03 bits per heavy atom. The highest BCUT2D eigenvalue weighted by molar-refractivity contribution is 7.99. The first kappa shape index (κ1) is 20.4. The minimum Gasteiger partial charge on any atom is -0.495 e. The van der Waals surface area contributed by atoms with Crippen LogP contribution < -0.4 is 21.3 Å². The summed E-state index contributed by atoms with van der Waals surface area (Å²) in [6.45, 7) is 0. The van der Waals surface area contributed by atoms with E-state index in [9.17, 15) is 4.79 Å². The van der Waals surface area contributed by atoms with Gasteiger partial charge in [0.1, 0.15) is 5.75 Å². The number of aromatic nitrogens is 4. The number of pyridine rings is 1. The molecule has 2 aromatic heterocycles. The second-order valence-electron chi connectivity index (χ2n) is 5.51. The number of nitrogen functional groups attached to an aromatic ring is 1. The maximum absolute atomic E-state index is 12.2. The first-order valence-electron chi connectivity index (χ1n) is 8.22. The van der Waals surface area contributed by atoms with E-state index < -0.39 is 0 Å². The maximum atomic E-state index is 12.2. The van der Waals surface area contributed by atoms with E-state index in [-0.39, 0.29) is 17.6 Å². The minimum atomic E-state index is -0.275. The number of nitrogens with two attached hydrogens (primary N) is 1. The lowest BCUT2D eigenvalue weighted by Crippen LogP contribution is -2.17. The van der Waals surface area contributed by atoms with E-state index in [0.29, 0.717) is 21.6 Å². The van der Waals surface area contributed by atoms with Gasteiger partial charge in [0.05, 0.1) is 24.8 Å². The molecule has 150 valence electrons. The van der Waals surface area contributed by atoms with Gasteiger partial charge in [-0.15, -0.1) is 10.2 Å². The van der Waals surface area contributed by atoms with Crippen molar-refractivity contribution >= 4 is 47.1 Å². The van der Waals surface area contributed by atoms with Gasteiger partial charge in [-0.25, -0.2) is 10.1 Å². The number of carbonyl (C=O) groups is 1. The number of ether oxygens (including phenoxy) is 1. The summed E-state index contributed by atoms with van der Waals surface area (Å²) in [4.78, 5) is 16.2. The second kappa shape index (κ2) is 9.75. The average molecular weight is 433 g/mol. The molecule has 0 aliphatic rings. The van der Waals surface area contributed by atoms with Gasteiger partial charge in [0.2, 0.25) is 11.1 Å². The molecule has 3 rings (SSSR count). The number of hydrogen-bond acceptors (Lipinski definition) is 9. The third kappa shape index (κ3) is 5.59. The number of nitrogens with one attached hydrogen (secondary N) is 2. The molecule has 4 N–H and O–H groups in total. The summed E-state index contributed by atoms with van der Waals surface area (Å²) in [5.41, 5.74) is 3.98. The summed E-state index contributed by atoms with van der Waals surface area (Å²) in [5, 5.41) is 15.4. The molecule has 12 heteroatoms. The molecule has 29 heavy (non-hydrogen) atoms. The van der Waals surface area contributed by atoms with Crippen molar-refractivity contribution in [2.24, 2.45) is 5.10 Å². The average Bonchev–Trinajstić information content (AvgIpc) is 3.07. The van der Waals surface area contributed by atoms with Gasteiger partial charge < -0.3 is 15.9 Å². The van der Waals surface area contributed by atoms with Crippen LogP contribution in [-0.2, 0) is 4.79 Å². The van der Waals surface area contributed by atoms with Crippen LogP contribution in [0.4, 0.5) is 11.6 Å². The maximum Gasteiger partial charge on any atom is 0.264 e. The molecule has 0 aliphatic heterocycles. The van der Waals surface area contributed by atoms with E-state index in [2.05, 4.69) is 31.0 Å². The number of hydrogen-bond donors (Lipinski definition) is 3. The smallest absolute Gasteiger partial charge is 0.264 e. The molecule has 0 unspecified atom stereocenters. The Kier molecular flexibility index (Phi) is 6.87. The molecule has 2 heterocycles. The number of nitrogens with zero attached hydrogens (tertiary/aromatic N) is 5. The number of hydrazone groups is 1. The summed E-state index contributed by atoms with van der Waals surface area (Å²) < 4.78 is 6.41. The molecule has 0 saturated carbocycles. The van der Waals surface area contributed by atoms with Crippen molar-refractivity contribution in [2.45, 2.75) is 5.16 Å². The van der Waals surface area contributed by atoms with Crippen LogP contribution in [0.25, 0.3) is 0 Å². The van der Waals surface area contributed by atoms with E-state index >= 15 is 0 Å². The quantitative estimate of drug-likeness (QED) is 0.213. The Hall–Kier alpha value is -3.31. The van der Waals surface area contributed by atoms with Crippen molar-refractivity contribution in [1.29, 1.82) is 0 Å². The lowest BCUT2D eigenvalue weighted by molar-refractivity contribution is -0.113. The summed E-state index contributed by atoms with van der Waals surface area (Å²) >= 11 is 7.08. The van der Waals surface area contributed by atoms with Gasteiger partial charge in [0, 0.05) is 23.0 Å². The fraction of sp³-hybridized carbons (Fsp3) is 0.118. The van der Waals surface area contributed by atoms with Crippen LogP contribution in [0.2, 0.25) is 5.02 Å². The Bertz CT molecular complexity index is 1010. The molecule has 0 spiro atoms. The lowest BCUT2D eigenvalue weighted by atomic mass is 10.3. The molecule has 1 aromatic carbocycles. The summed E-state index contributed by atoms with van der Waals surface area (Å²) in [5.74, 6) is 6.46. The predicted molar refractivity (Wildman–Crippen MR) is 113 cm³/mol. The highest BCUT2D eigenvalue weighted by Gasteiger charge is 2.13. The van der Waals surface area contributed by atoms with Crippen molar-refractivity contribution in [2.75, 3.05) is 29.4 Å². The number of thioether (sulfide) groups is 1. The van der Waals surface area contributed by atoms with Crippen LogP contribution >= 0.6 is 23.4 Å². The van der Waals surface area contributed by atoms with Crippen molar-refractivity contribution in [3.63, 3.8) is 0 Å². The number of amides is 1. The molecule has 0 atom stereocenters. The molecule has 1 amide bonds. The minimum absolute atomic E-state index is 0.0595. The van der Waals surface area contributed by atoms with Crippen LogP contribution in [0.1, 0.15) is 5.56 Å². The van der Waals surface area contributed by atoms with E-state index in [1.807, 2.05) is 6.07 Å². The van der Waals surface area contributed by atoms with Gasteiger partial charge >= 0.3 is 0 Å². The standard InChI is InChI=1S/C17H17ClN8O2S/c1-28-14-5-4-12(18)7-13(14)22-15(27)10-29-17-25-24-16(26(17)19)23-21-9-11-3-2-6-20-8-11/h2-9H,10,19H2,1H3,(H,22,27)(H,23,24)/b21-9+. The van der Waals surface area contributed by atoms with E-state index in [4.69, 9.17) is 22.2 Å². The molecular weight excluding hydrogens is 416 g/mol. The summed E-state index contributed by atoms with van der Waals surface area (Å²) in [6.07, 6.45) is 4.90. The third-order valence-corrected chi connectivity index (χ3v) is 4.67. The van der Waals surface area contributed by atoms with Crippen LogP contribution in [0.3, 0.4) is 0 Å². The first-order chi connectivity index (χ1) is 14.1. The van der Waals surface area contributed by atoms with E-state index in [1.165, 1.54) is 11.8 Å². The summed E-state index contributed by atoms with van der Waals surface area (Å²) in [6, 6.07) is 8.60. The van der Waals surface area contributed by atoms with Crippen molar-refractivity contribution in [3.05, 3.63) is 53.3 Å². The van der Waals surface area contributed by atoms with Crippen molar-refractivity contribution < 1.29 is 9.53 Å². The van der Waals surface area contributed by atoms with Crippen LogP contribution in [0.15, 0.2) is 53.0 Å². The van der Waals surface area contributed by atoms with E-state index in [1.54, 1.807) is 42.9 Å². The molecule has 0 bridgehead atoms. The van der Waals surface area contributed by atoms with Crippen LogP contribution in [0.5, 0.6) is 5.75 Å². The third-order valence-electron chi connectivity index (χ3n) is 3.50. The number of halogens is 1. The molecule has 0 aliphatic carbocycles. The normalized spacial score (nSPS) is 10.8. The highest BCUT2D eigenvalue weighted by atomic mass is 35.5. The Balaban J connectivity index is 1.55. The van der Waals surface area contributed by atoms with Gasteiger partial charge in [0.25, 0.3) is 5.95 Å². The SMILES string of the molecule is COc1ccc(Cl)cc1NC(=O)CSc1nnc(N/N=C/c2cccnc2)n1N. The van der Waals surface area contributed by atoms with Gasteiger partial charge in [-0.3, -0.25) is 9.78 Å².